The number of hydrogen-bond donors (Lipinski definition) is 2. The Morgan fingerprint density at radius 3 is 2.94 bits per heavy atom. The average molecular weight is 253 g/mol. The van der Waals surface area contributed by atoms with Crippen LogP contribution in [0.1, 0.15) is 25.3 Å². The van der Waals surface area contributed by atoms with Gasteiger partial charge < -0.3 is 15.7 Å². The molecular formula is C12H19N3OS. The number of aliphatic imine (C=N–C) groups is 1. The maximum Gasteiger partial charge on any atom is 0.191 e. The molecule has 1 unspecified atom stereocenters. The average Bonchev–Trinajstić information content (AvgIpc) is 2.99. The molecule has 0 saturated heterocycles. The molecule has 2 rings (SSSR count). The number of thiophene rings is 1. The first-order valence-corrected chi connectivity index (χ1v) is 6.73. The molecule has 4 nitrogen and oxygen atoms in total. The molecule has 1 aliphatic carbocycles. The zero-order valence-corrected chi connectivity index (χ0v) is 11.1. The summed E-state index contributed by atoms with van der Waals surface area (Å²) < 4.78 is 0. The van der Waals surface area contributed by atoms with Crippen LogP contribution in [0.5, 0.6) is 0 Å². The summed E-state index contributed by atoms with van der Waals surface area (Å²) in [5.41, 5.74) is 5.85. The van der Waals surface area contributed by atoms with Gasteiger partial charge in [0, 0.05) is 13.1 Å². The van der Waals surface area contributed by atoms with Crippen LogP contribution >= 0.6 is 11.3 Å². The Bertz CT molecular complexity index is 396. The van der Waals surface area contributed by atoms with E-state index in [0.29, 0.717) is 18.5 Å². The molecule has 0 aliphatic heterocycles. The third-order valence-electron chi connectivity index (χ3n) is 3.15. The number of rotatable bonds is 4. The van der Waals surface area contributed by atoms with E-state index in [4.69, 9.17) is 5.73 Å². The molecule has 1 fully saturated rings. The molecule has 0 radical (unpaired) electrons. The Labute approximate surface area is 106 Å². The fraction of sp³-hybridized carbons (Fsp3) is 0.583. The second-order valence-electron chi connectivity index (χ2n) is 4.80. The van der Waals surface area contributed by atoms with Crippen molar-refractivity contribution in [2.75, 3.05) is 13.6 Å². The van der Waals surface area contributed by atoms with Gasteiger partial charge in [-0.3, -0.25) is 0 Å². The largest absolute Gasteiger partial charge is 0.383 e. The summed E-state index contributed by atoms with van der Waals surface area (Å²) in [4.78, 5) is 6.28. The van der Waals surface area contributed by atoms with Crippen LogP contribution in [-0.4, -0.2) is 35.6 Å². The van der Waals surface area contributed by atoms with Gasteiger partial charge in [-0.1, -0.05) is 0 Å². The predicted octanol–water partition coefficient (Wildman–Crippen LogP) is 1.36. The van der Waals surface area contributed by atoms with Crippen molar-refractivity contribution in [1.29, 1.82) is 0 Å². The highest BCUT2D eigenvalue weighted by molar-refractivity contribution is 7.08. The van der Waals surface area contributed by atoms with Gasteiger partial charge in [0.1, 0.15) is 5.60 Å². The SMILES string of the molecule is CN(C(N)=NCC(C)(O)c1ccsc1)C1CC1. The predicted molar refractivity (Wildman–Crippen MR) is 71.2 cm³/mol. The van der Waals surface area contributed by atoms with Gasteiger partial charge in [-0.15, -0.1) is 0 Å². The van der Waals surface area contributed by atoms with E-state index in [9.17, 15) is 5.11 Å². The Hall–Kier alpha value is -1.07. The zero-order chi connectivity index (χ0) is 12.5. The molecule has 0 aromatic carbocycles. The highest BCUT2D eigenvalue weighted by Crippen LogP contribution is 2.26. The van der Waals surface area contributed by atoms with Crippen LogP contribution in [0.2, 0.25) is 0 Å². The summed E-state index contributed by atoms with van der Waals surface area (Å²) in [6.45, 7) is 2.07. The lowest BCUT2D eigenvalue weighted by Gasteiger charge is -2.22. The first kappa shape index (κ1) is 12.4. The van der Waals surface area contributed by atoms with Gasteiger partial charge in [-0.2, -0.15) is 11.3 Å². The fourth-order valence-electron chi connectivity index (χ4n) is 1.66. The van der Waals surface area contributed by atoms with Crippen LogP contribution in [0, 0.1) is 0 Å². The number of nitrogens with two attached hydrogens (primary N) is 1. The second kappa shape index (κ2) is 4.66. The highest BCUT2D eigenvalue weighted by atomic mass is 32.1. The summed E-state index contributed by atoms with van der Waals surface area (Å²) in [6.07, 6.45) is 2.38. The Morgan fingerprint density at radius 1 is 1.71 bits per heavy atom. The standard InChI is InChI=1S/C12H19N3OS/c1-12(16,9-5-6-17-7-9)8-14-11(13)15(2)10-3-4-10/h5-7,10,16H,3-4,8H2,1-2H3,(H2,13,14). The van der Waals surface area contributed by atoms with Gasteiger partial charge in [0.25, 0.3) is 0 Å². The van der Waals surface area contributed by atoms with E-state index in [1.54, 1.807) is 18.3 Å². The number of guanidine groups is 1. The van der Waals surface area contributed by atoms with Crippen LogP contribution in [0.15, 0.2) is 21.8 Å². The van der Waals surface area contributed by atoms with Gasteiger partial charge in [0.05, 0.1) is 6.54 Å². The van der Waals surface area contributed by atoms with Gasteiger partial charge in [-0.25, -0.2) is 4.99 Å². The molecule has 0 bridgehead atoms. The lowest BCUT2D eigenvalue weighted by atomic mass is 10.00. The molecule has 1 aliphatic rings. The zero-order valence-electron chi connectivity index (χ0n) is 10.3. The van der Waals surface area contributed by atoms with Crippen molar-refractivity contribution in [3.05, 3.63) is 22.4 Å². The summed E-state index contributed by atoms with van der Waals surface area (Å²) in [7, 11) is 1.95. The lowest BCUT2D eigenvalue weighted by molar-refractivity contribution is 0.0675. The van der Waals surface area contributed by atoms with E-state index in [-0.39, 0.29) is 0 Å². The monoisotopic (exact) mass is 253 g/mol. The first-order valence-electron chi connectivity index (χ1n) is 5.78. The Morgan fingerprint density at radius 2 is 2.41 bits per heavy atom. The van der Waals surface area contributed by atoms with E-state index in [1.165, 1.54) is 12.8 Å². The van der Waals surface area contributed by atoms with E-state index < -0.39 is 5.60 Å². The molecule has 1 saturated carbocycles. The van der Waals surface area contributed by atoms with Gasteiger partial charge in [-0.05, 0) is 42.2 Å². The van der Waals surface area contributed by atoms with Crippen molar-refractivity contribution >= 4 is 17.3 Å². The van der Waals surface area contributed by atoms with Crippen molar-refractivity contribution in [3.63, 3.8) is 0 Å². The molecule has 1 atom stereocenters. The highest BCUT2D eigenvalue weighted by Gasteiger charge is 2.28. The summed E-state index contributed by atoms with van der Waals surface area (Å²) in [5.74, 6) is 0.517. The van der Waals surface area contributed by atoms with Gasteiger partial charge >= 0.3 is 0 Å². The summed E-state index contributed by atoms with van der Waals surface area (Å²) in [6, 6.07) is 2.46. The van der Waals surface area contributed by atoms with E-state index in [2.05, 4.69) is 4.99 Å². The van der Waals surface area contributed by atoms with Gasteiger partial charge in [0.15, 0.2) is 5.96 Å². The summed E-state index contributed by atoms with van der Waals surface area (Å²) in [5, 5.41) is 14.2. The smallest absolute Gasteiger partial charge is 0.191 e. The molecule has 0 amide bonds. The van der Waals surface area contributed by atoms with Crippen LogP contribution in [0.25, 0.3) is 0 Å². The normalized spacial score (nSPS) is 20.1. The number of aliphatic hydroxyl groups is 1. The molecule has 1 heterocycles. The van der Waals surface area contributed by atoms with Gasteiger partial charge in [0.2, 0.25) is 0 Å². The quantitative estimate of drug-likeness (QED) is 0.629. The molecule has 17 heavy (non-hydrogen) atoms. The molecular weight excluding hydrogens is 234 g/mol. The summed E-state index contributed by atoms with van der Waals surface area (Å²) >= 11 is 1.57. The van der Waals surface area contributed by atoms with Crippen molar-refractivity contribution in [2.24, 2.45) is 10.7 Å². The number of nitrogens with zero attached hydrogens (tertiary/aromatic N) is 2. The number of hydrogen-bond acceptors (Lipinski definition) is 3. The fourth-order valence-corrected chi connectivity index (χ4v) is 2.44. The van der Waals surface area contributed by atoms with Crippen molar-refractivity contribution in [2.45, 2.75) is 31.4 Å². The Balaban J connectivity index is 1.98. The molecule has 0 spiro atoms. The topological polar surface area (TPSA) is 61.8 Å². The van der Waals surface area contributed by atoms with Crippen LogP contribution in [0.4, 0.5) is 0 Å². The van der Waals surface area contributed by atoms with E-state index in [1.807, 2.05) is 28.8 Å². The molecule has 94 valence electrons. The molecule has 5 heteroatoms. The molecule has 1 aromatic heterocycles. The molecule has 1 aromatic rings. The van der Waals surface area contributed by atoms with Crippen LogP contribution in [0.3, 0.4) is 0 Å². The van der Waals surface area contributed by atoms with Crippen molar-refractivity contribution in [3.8, 4) is 0 Å². The second-order valence-corrected chi connectivity index (χ2v) is 5.58. The maximum atomic E-state index is 10.3. The van der Waals surface area contributed by atoms with Crippen molar-refractivity contribution < 1.29 is 5.11 Å². The lowest BCUT2D eigenvalue weighted by Crippen LogP contribution is -2.37. The third kappa shape index (κ3) is 2.98. The van der Waals surface area contributed by atoms with Crippen molar-refractivity contribution in [1.82, 2.24) is 4.90 Å². The molecule has 3 N–H and O–H groups in total. The minimum absolute atomic E-state index is 0.298. The van der Waals surface area contributed by atoms with Crippen LogP contribution < -0.4 is 5.73 Å². The van der Waals surface area contributed by atoms with Crippen LogP contribution in [-0.2, 0) is 5.60 Å². The Kier molecular flexibility index (Phi) is 3.40. The van der Waals surface area contributed by atoms with E-state index >= 15 is 0 Å². The maximum absolute atomic E-state index is 10.3. The first-order chi connectivity index (χ1) is 8.00. The van der Waals surface area contributed by atoms with E-state index in [0.717, 1.165) is 5.56 Å². The minimum atomic E-state index is -0.936. The third-order valence-corrected chi connectivity index (χ3v) is 3.83. The minimum Gasteiger partial charge on any atom is -0.383 e.